The van der Waals surface area contributed by atoms with Crippen LogP contribution in [0.15, 0.2) is 4.52 Å². The van der Waals surface area contributed by atoms with Gasteiger partial charge in [-0.3, -0.25) is 4.79 Å². The number of hydrogen-bond donors (Lipinski definition) is 2. The predicted octanol–water partition coefficient (Wildman–Crippen LogP) is 1.65. The van der Waals surface area contributed by atoms with Crippen LogP contribution < -0.4 is 5.32 Å². The average Bonchev–Trinajstić information content (AvgIpc) is 2.84. The first-order valence-corrected chi connectivity index (χ1v) is 7.17. The molecule has 0 aliphatic heterocycles. The third-order valence-corrected chi connectivity index (χ3v) is 3.07. The largest absolute Gasteiger partial charge is 0.391 e. The molecule has 0 saturated heterocycles. The van der Waals surface area contributed by atoms with E-state index in [0.29, 0.717) is 37.5 Å². The maximum atomic E-state index is 11.6. The minimum atomic E-state index is -0.497. The van der Waals surface area contributed by atoms with Crippen LogP contribution in [0, 0.1) is 5.92 Å². The van der Waals surface area contributed by atoms with Crippen LogP contribution in [0.25, 0.3) is 0 Å². The van der Waals surface area contributed by atoms with Gasteiger partial charge in [-0.15, -0.1) is 0 Å². The summed E-state index contributed by atoms with van der Waals surface area (Å²) in [4.78, 5) is 15.8. The highest BCUT2D eigenvalue weighted by Crippen LogP contribution is 2.11. The van der Waals surface area contributed by atoms with Crippen LogP contribution in [0.5, 0.6) is 0 Å². The average molecular weight is 283 g/mol. The first kappa shape index (κ1) is 16.6. The zero-order valence-electron chi connectivity index (χ0n) is 12.7. The summed E-state index contributed by atoms with van der Waals surface area (Å²) in [5, 5.41) is 16.2. The van der Waals surface area contributed by atoms with Crippen LogP contribution in [-0.4, -0.2) is 33.8 Å². The number of aliphatic hydroxyl groups is 1. The summed E-state index contributed by atoms with van der Waals surface area (Å²) < 4.78 is 5.10. The van der Waals surface area contributed by atoms with Gasteiger partial charge in [-0.2, -0.15) is 4.98 Å². The van der Waals surface area contributed by atoms with Crippen molar-refractivity contribution >= 4 is 5.91 Å². The Bertz CT molecular complexity index is 416. The number of rotatable bonds is 8. The molecule has 1 amide bonds. The number of aryl methyl sites for hydroxylation is 1. The van der Waals surface area contributed by atoms with E-state index in [-0.39, 0.29) is 17.7 Å². The third-order valence-electron chi connectivity index (χ3n) is 3.07. The highest BCUT2D eigenvalue weighted by Gasteiger charge is 2.12. The molecule has 6 nitrogen and oxygen atoms in total. The van der Waals surface area contributed by atoms with Gasteiger partial charge in [0.1, 0.15) is 0 Å². The highest BCUT2D eigenvalue weighted by atomic mass is 16.5. The molecule has 2 N–H and O–H groups in total. The highest BCUT2D eigenvalue weighted by molar-refractivity contribution is 5.75. The second-order valence-electron chi connectivity index (χ2n) is 5.67. The molecule has 0 aromatic carbocycles. The number of carbonyl (C=O) groups excluding carboxylic acids is 1. The van der Waals surface area contributed by atoms with E-state index in [4.69, 9.17) is 4.52 Å². The number of nitrogens with zero attached hydrogens (tertiary/aromatic N) is 2. The van der Waals surface area contributed by atoms with Crippen LogP contribution >= 0.6 is 0 Å². The Morgan fingerprint density at radius 2 is 2.05 bits per heavy atom. The van der Waals surface area contributed by atoms with E-state index >= 15 is 0 Å². The van der Waals surface area contributed by atoms with Gasteiger partial charge >= 0.3 is 0 Å². The zero-order valence-corrected chi connectivity index (χ0v) is 12.7. The standard InChI is InChI=1S/C14H25N3O3/c1-9(2)11(18)8-15-12(19)6-5-7-13-16-14(10(3)4)17-20-13/h9-11,18H,5-8H2,1-4H3,(H,15,19). The molecule has 20 heavy (non-hydrogen) atoms. The maximum absolute atomic E-state index is 11.6. The maximum Gasteiger partial charge on any atom is 0.226 e. The van der Waals surface area contributed by atoms with E-state index in [0.717, 1.165) is 0 Å². The van der Waals surface area contributed by atoms with Gasteiger partial charge in [-0.1, -0.05) is 32.9 Å². The molecule has 1 aromatic heterocycles. The Hall–Kier alpha value is -1.43. The predicted molar refractivity (Wildman–Crippen MR) is 75.2 cm³/mol. The molecule has 1 rings (SSSR count). The number of nitrogens with one attached hydrogen (secondary N) is 1. The quantitative estimate of drug-likeness (QED) is 0.757. The zero-order chi connectivity index (χ0) is 15.1. The SMILES string of the molecule is CC(C)c1noc(CCCC(=O)NCC(O)C(C)C)n1. The van der Waals surface area contributed by atoms with Crippen LogP contribution in [-0.2, 0) is 11.2 Å². The van der Waals surface area contributed by atoms with Crippen LogP contribution in [0.1, 0.15) is 58.2 Å². The molecule has 6 heteroatoms. The molecule has 0 saturated carbocycles. The molecule has 1 unspecified atom stereocenters. The molecule has 0 aliphatic rings. The second-order valence-corrected chi connectivity index (χ2v) is 5.67. The summed E-state index contributed by atoms with van der Waals surface area (Å²) in [5.41, 5.74) is 0. The van der Waals surface area contributed by atoms with Gasteiger partial charge in [0.15, 0.2) is 5.82 Å². The molecule has 0 radical (unpaired) electrons. The minimum Gasteiger partial charge on any atom is -0.391 e. The molecule has 0 bridgehead atoms. The summed E-state index contributed by atoms with van der Waals surface area (Å²) in [5.74, 6) is 1.60. The van der Waals surface area contributed by atoms with Crippen molar-refractivity contribution in [2.24, 2.45) is 5.92 Å². The third kappa shape index (κ3) is 5.69. The van der Waals surface area contributed by atoms with Crippen LogP contribution in [0.4, 0.5) is 0 Å². The molecule has 114 valence electrons. The molecule has 0 fully saturated rings. The normalized spacial score (nSPS) is 12.9. The Balaban J connectivity index is 2.21. The molecule has 0 aliphatic carbocycles. The van der Waals surface area contributed by atoms with E-state index in [2.05, 4.69) is 15.5 Å². The van der Waals surface area contributed by atoms with Crippen molar-refractivity contribution in [2.75, 3.05) is 6.54 Å². The summed E-state index contributed by atoms with van der Waals surface area (Å²) in [6.07, 6.45) is 1.15. The van der Waals surface area contributed by atoms with Crippen molar-refractivity contribution in [1.82, 2.24) is 15.5 Å². The van der Waals surface area contributed by atoms with Gasteiger partial charge in [0.25, 0.3) is 0 Å². The Morgan fingerprint density at radius 3 is 2.60 bits per heavy atom. The molecule has 1 heterocycles. The number of amides is 1. The molecular formula is C14H25N3O3. The van der Waals surface area contributed by atoms with Gasteiger partial charge in [-0.25, -0.2) is 0 Å². The first-order chi connectivity index (χ1) is 9.40. The summed E-state index contributed by atoms with van der Waals surface area (Å²) >= 11 is 0. The van der Waals surface area contributed by atoms with E-state index < -0.39 is 6.10 Å². The van der Waals surface area contributed by atoms with Gasteiger partial charge in [-0.05, 0) is 12.3 Å². The van der Waals surface area contributed by atoms with Gasteiger partial charge in [0.05, 0.1) is 6.10 Å². The van der Waals surface area contributed by atoms with Crippen molar-refractivity contribution in [1.29, 1.82) is 0 Å². The molecule has 1 aromatic rings. The number of hydrogen-bond acceptors (Lipinski definition) is 5. The fraction of sp³-hybridized carbons (Fsp3) is 0.786. The fourth-order valence-corrected chi connectivity index (χ4v) is 1.55. The summed E-state index contributed by atoms with van der Waals surface area (Å²) in [6.45, 7) is 8.14. The number of carbonyl (C=O) groups is 1. The Kier molecular flexibility index (Phi) is 6.64. The first-order valence-electron chi connectivity index (χ1n) is 7.17. The Labute approximate surface area is 120 Å². The van der Waals surface area contributed by atoms with Gasteiger partial charge in [0, 0.05) is 25.3 Å². The van der Waals surface area contributed by atoms with Crippen LogP contribution in [0.2, 0.25) is 0 Å². The lowest BCUT2D eigenvalue weighted by Crippen LogP contribution is -2.34. The van der Waals surface area contributed by atoms with Crippen molar-refractivity contribution in [3.63, 3.8) is 0 Å². The fourth-order valence-electron chi connectivity index (χ4n) is 1.55. The summed E-state index contributed by atoms with van der Waals surface area (Å²) in [6, 6.07) is 0. The van der Waals surface area contributed by atoms with Gasteiger partial charge < -0.3 is 14.9 Å². The van der Waals surface area contributed by atoms with Crippen molar-refractivity contribution < 1.29 is 14.4 Å². The molecule has 1 atom stereocenters. The second kappa shape index (κ2) is 7.99. The van der Waals surface area contributed by atoms with Crippen molar-refractivity contribution in [2.45, 2.75) is 59.0 Å². The van der Waals surface area contributed by atoms with Crippen molar-refractivity contribution in [3.8, 4) is 0 Å². The minimum absolute atomic E-state index is 0.0618. The van der Waals surface area contributed by atoms with E-state index in [9.17, 15) is 9.90 Å². The monoisotopic (exact) mass is 283 g/mol. The summed E-state index contributed by atoms with van der Waals surface area (Å²) in [7, 11) is 0. The smallest absolute Gasteiger partial charge is 0.226 e. The lowest BCUT2D eigenvalue weighted by molar-refractivity contribution is -0.121. The Morgan fingerprint density at radius 1 is 1.35 bits per heavy atom. The lowest BCUT2D eigenvalue weighted by atomic mass is 10.1. The van der Waals surface area contributed by atoms with E-state index in [1.807, 2.05) is 27.7 Å². The number of aliphatic hydroxyl groups excluding tert-OH is 1. The van der Waals surface area contributed by atoms with E-state index in [1.54, 1.807) is 0 Å². The van der Waals surface area contributed by atoms with Crippen molar-refractivity contribution in [3.05, 3.63) is 11.7 Å². The van der Waals surface area contributed by atoms with E-state index in [1.165, 1.54) is 0 Å². The molecule has 0 spiro atoms. The lowest BCUT2D eigenvalue weighted by Gasteiger charge is -2.14. The van der Waals surface area contributed by atoms with Gasteiger partial charge in [0.2, 0.25) is 11.8 Å². The number of aromatic nitrogens is 2. The molecular weight excluding hydrogens is 258 g/mol. The van der Waals surface area contributed by atoms with Crippen LogP contribution in [0.3, 0.4) is 0 Å². The topological polar surface area (TPSA) is 88.2 Å².